The number of benzene rings is 1. The van der Waals surface area contributed by atoms with Gasteiger partial charge in [0.2, 0.25) is 0 Å². The van der Waals surface area contributed by atoms with Gasteiger partial charge in [0.15, 0.2) is 4.80 Å². The molecule has 3 nitrogen and oxygen atoms in total. The number of thiazole rings is 1. The molecule has 30 heavy (non-hydrogen) atoms. The molecule has 4 fully saturated rings. The van der Waals surface area contributed by atoms with Crippen LogP contribution in [0.2, 0.25) is 0 Å². The van der Waals surface area contributed by atoms with Crippen LogP contribution in [0.1, 0.15) is 70.1 Å². The van der Waals surface area contributed by atoms with E-state index < -0.39 is 0 Å². The first-order valence-electron chi connectivity index (χ1n) is 12.2. The summed E-state index contributed by atoms with van der Waals surface area (Å²) in [5, 5.41) is 5.98. The summed E-state index contributed by atoms with van der Waals surface area (Å²) in [5.74, 6) is 2.88. The first-order chi connectivity index (χ1) is 14.7. The van der Waals surface area contributed by atoms with E-state index in [1.54, 1.807) is 0 Å². The lowest BCUT2D eigenvalue weighted by Crippen LogP contribution is -2.50. The SMILES string of the molecule is CCCn1c(CCNc2ccc(CC)cc2)csc1=NC12CC3CC(CC(C3)C1)C2. The number of nitrogens with one attached hydrogen (secondary N) is 1. The van der Waals surface area contributed by atoms with Crippen LogP contribution in [0.5, 0.6) is 0 Å². The molecule has 0 amide bonds. The van der Waals surface area contributed by atoms with Crippen LogP contribution in [0.15, 0.2) is 34.6 Å². The molecule has 4 aliphatic rings. The highest BCUT2D eigenvalue weighted by Crippen LogP contribution is 2.57. The lowest BCUT2D eigenvalue weighted by Gasteiger charge is -2.54. The first-order valence-corrected chi connectivity index (χ1v) is 13.1. The molecular formula is C26H37N3S. The molecule has 2 aromatic rings. The fourth-order valence-electron chi connectivity index (χ4n) is 6.71. The van der Waals surface area contributed by atoms with Crippen LogP contribution >= 0.6 is 11.3 Å². The number of hydrogen-bond acceptors (Lipinski definition) is 3. The molecule has 1 aromatic heterocycles. The Morgan fingerprint density at radius 2 is 1.70 bits per heavy atom. The Balaban J connectivity index is 1.31. The van der Waals surface area contributed by atoms with Gasteiger partial charge in [-0.2, -0.15) is 0 Å². The van der Waals surface area contributed by atoms with Crippen LogP contribution in [-0.4, -0.2) is 16.7 Å². The molecule has 4 saturated carbocycles. The Bertz CT molecular complexity index is 885. The third-order valence-corrected chi connectivity index (χ3v) is 8.65. The summed E-state index contributed by atoms with van der Waals surface area (Å²) in [4.78, 5) is 6.83. The van der Waals surface area contributed by atoms with Gasteiger partial charge in [-0.15, -0.1) is 11.3 Å². The summed E-state index contributed by atoms with van der Waals surface area (Å²) in [6, 6.07) is 8.88. The number of nitrogens with zero attached hydrogens (tertiary/aromatic N) is 2. The molecule has 1 N–H and O–H groups in total. The highest BCUT2D eigenvalue weighted by atomic mass is 32.1. The van der Waals surface area contributed by atoms with E-state index in [1.807, 2.05) is 11.3 Å². The zero-order valence-electron chi connectivity index (χ0n) is 18.7. The monoisotopic (exact) mass is 423 g/mol. The van der Waals surface area contributed by atoms with Crippen molar-refractivity contribution in [2.75, 3.05) is 11.9 Å². The second-order valence-electron chi connectivity index (χ2n) is 10.1. The molecule has 0 aliphatic heterocycles. The number of aryl methyl sites for hydroxylation is 1. The molecule has 1 heterocycles. The maximum Gasteiger partial charge on any atom is 0.185 e. The summed E-state index contributed by atoms with van der Waals surface area (Å²) in [6.45, 7) is 6.56. The minimum absolute atomic E-state index is 0.269. The maximum absolute atomic E-state index is 5.54. The number of aromatic nitrogens is 1. The summed E-state index contributed by atoms with van der Waals surface area (Å²) in [6.07, 6.45) is 11.9. The third-order valence-electron chi connectivity index (χ3n) is 7.74. The summed E-state index contributed by atoms with van der Waals surface area (Å²) in [5.41, 5.74) is 4.34. The quantitative estimate of drug-likeness (QED) is 0.550. The molecule has 0 unspecified atom stereocenters. The predicted molar refractivity (Wildman–Crippen MR) is 127 cm³/mol. The van der Waals surface area contributed by atoms with Crippen molar-refractivity contribution >= 4 is 17.0 Å². The van der Waals surface area contributed by atoms with Crippen molar-refractivity contribution in [2.45, 2.75) is 83.7 Å². The molecule has 162 valence electrons. The van der Waals surface area contributed by atoms with Gasteiger partial charge in [-0.3, -0.25) is 4.99 Å². The fourth-order valence-corrected chi connectivity index (χ4v) is 7.78. The van der Waals surface area contributed by atoms with Crippen LogP contribution in [0.4, 0.5) is 5.69 Å². The summed E-state index contributed by atoms with van der Waals surface area (Å²) < 4.78 is 2.53. The van der Waals surface area contributed by atoms with E-state index in [0.29, 0.717) is 0 Å². The highest BCUT2D eigenvalue weighted by Gasteiger charge is 2.51. The average molecular weight is 424 g/mol. The Morgan fingerprint density at radius 3 is 2.30 bits per heavy atom. The van der Waals surface area contributed by atoms with E-state index >= 15 is 0 Å². The molecule has 0 spiro atoms. The van der Waals surface area contributed by atoms with Gasteiger partial charge in [-0.25, -0.2) is 0 Å². The smallest absolute Gasteiger partial charge is 0.185 e. The van der Waals surface area contributed by atoms with E-state index in [0.717, 1.165) is 43.7 Å². The van der Waals surface area contributed by atoms with Crippen LogP contribution in [0.25, 0.3) is 0 Å². The zero-order chi connectivity index (χ0) is 20.6. The minimum Gasteiger partial charge on any atom is -0.385 e. The Labute approximate surface area is 185 Å². The van der Waals surface area contributed by atoms with E-state index in [2.05, 4.69) is 53.4 Å². The van der Waals surface area contributed by atoms with Crippen LogP contribution in [0, 0.1) is 17.8 Å². The number of hydrogen-bond donors (Lipinski definition) is 1. The Kier molecular flexibility index (Phi) is 5.79. The van der Waals surface area contributed by atoms with E-state index in [4.69, 9.17) is 4.99 Å². The molecule has 4 bridgehead atoms. The fraction of sp³-hybridized carbons (Fsp3) is 0.654. The largest absolute Gasteiger partial charge is 0.385 e. The molecule has 0 radical (unpaired) electrons. The molecule has 0 atom stereocenters. The molecule has 6 rings (SSSR count). The first kappa shape index (κ1) is 20.4. The van der Waals surface area contributed by atoms with Crippen molar-refractivity contribution < 1.29 is 0 Å². The van der Waals surface area contributed by atoms with Crippen molar-refractivity contribution in [3.8, 4) is 0 Å². The van der Waals surface area contributed by atoms with Gasteiger partial charge in [-0.05, 0) is 86.8 Å². The van der Waals surface area contributed by atoms with Gasteiger partial charge in [0, 0.05) is 36.3 Å². The number of rotatable bonds is 8. The average Bonchev–Trinajstić information content (AvgIpc) is 3.08. The maximum atomic E-state index is 5.54. The molecule has 0 saturated heterocycles. The summed E-state index contributed by atoms with van der Waals surface area (Å²) in [7, 11) is 0. The topological polar surface area (TPSA) is 29.3 Å². The molecule has 4 heteroatoms. The van der Waals surface area contributed by atoms with Gasteiger partial charge in [0.1, 0.15) is 0 Å². The van der Waals surface area contributed by atoms with E-state index in [9.17, 15) is 0 Å². The van der Waals surface area contributed by atoms with Gasteiger partial charge in [-0.1, -0.05) is 26.0 Å². The van der Waals surface area contributed by atoms with Gasteiger partial charge < -0.3 is 9.88 Å². The van der Waals surface area contributed by atoms with Crippen LogP contribution in [0.3, 0.4) is 0 Å². The lowest BCUT2D eigenvalue weighted by molar-refractivity contribution is -0.000410. The van der Waals surface area contributed by atoms with Crippen LogP contribution < -0.4 is 10.1 Å². The molecular weight excluding hydrogens is 386 g/mol. The van der Waals surface area contributed by atoms with Crippen LogP contribution in [-0.2, 0) is 19.4 Å². The van der Waals surface area contributed by atoms with Crippen molar-refractivity contribution in [1.29, 1.82) is 0 Å². The van der Waals surface area contributed by atoms with Crippen molar-refractivity contribution in [3.05, 3.63) is 45.7 Å². The Morgan fingerprint density at radius 1 is 1.03 bits per heavy atom. The minimum atomic E-state index is 0.269. The van der Waals surface area contributed by atoms with Gasteiger partial charge in [0.25, 0.3) is 0 Å². The second-order valence-corrected chi connectivity index (χ2v) is 11.0. The zero-order valence-corrected chi connectivity index (χ0v) is 19.5. The van der Waals surface area contributed by atoms with E-state index in [-0.39, 0.29) is 5.54 Å². The van der Waals surface area contributed by atoms with Crippen molar-refractivity contribution in [2.24, 2.45) is 22.7 Å². The standard InChI is InChI=1S/C26H37N3S/c1-3-11-29-24(9-10-27-23-7-5-19(4-2)6-8-23)18-30-25(29)28-26-15-20-12-21(16-26)14-22(13-20)17-26/h5-8,18,20-22,27H,3-4,9-17H2,1-2H3. The van der Waals surface area contributed by atoms with E-state index in [1.165, 1.54) is 66.7 Å². The normalized spacial score (nSPS) is 30.2. The highest BCUT2D eigenvalue weighted by molar-refractivity contribution is 7.07. The predicted octanol–water partition coefficient (Wildman–Crippen LogP) is 6.05. The summed E-state index contributed by atoms with van der Waals surface area (Å²) >= 11 is 1.88. The third kappa shape index (κ3) is 4.12. The Hall–Kier alpha value is -1.55. The van der Waals surface area contributed by atoms with Gasteiger partial charge >= 0.3 is 0 Å². The lowest BCUT2D eigenvalue weighted by atomic mass is 9.53. The van der Waals surface area contributed by atoms with Gasteiger partial charge in [0.05, 0.1) is 5.54 Å². The van der Waals surface area contributed by atoms with Crippen molar-refractivity contribution in [3.63, 3.8) is 0 Å². The molecule has 1 aromatic carbocycles. The number of anilines is 1. The van der Waals surface area contributed by atoms with Crippen molar-refractivity contribution in [1.82, 2.24) is 4.57 Å². The second kappa shape index (κ2) is 8.53. The molecule has 4 aliphatic carbocycles.